The van der Waals surface area contributed by atoms with Gasteiger partial charge in [0.15, 0.2) is 0 Å². The highest BCUT2D eigenvalue weighted by Gasteiger charge is 2.02. The van der Waals surface area contributed by atoms with Crippen LogP contribution >= 0.6 is 0 Å². The van der Waals surface area contributed by atoms with Gasteiger partial charge in [-0.3, -0.25) is 0 Å². The Morgan fingerprint density at radius 2 is 1.77 bits per heavy atom. The summed E-state index contributed by atoms with van der Waals surface area (Å²) in [6, 6.07) is 7.47. The predicted molar refractivity (Wildman–Crippen MR) is 49.1 cm³/mol. The first-order chi connectivity index (χ1) is 6.31. The molecule has 1 heterocycles. The topological polar surface area (TPSA) is 25.8 Å². The third kappa shape index (κ3) is 1.37. The number of halogens is 1. The van der Waals surface area contributed by atoms with E-state index in [1.54, 1.807) is 6.92 Å². The molecule has 0 N–H and O–H groups in total. The maximum Gasteiger partial charge on any atom is 0.133 e. The molecule has 2 aromatic rings. The fraction of sp³-hybridized carbons (Fsp3) is 0.200. The lowest BCUT2D eigenvalue weighted by atomic mass is 10.2. The summed E-state index contributed by atoms with van der Waals surface area (Å²) in [5.74, 6) is 0. The van der Waals surface area contributed by atoms with Gasteiger partial charge in [0.05, 0.1) is 22.4 Å². The highest BCUT2D eigenvalue weighted by Crippen LogP contribution is 2.12. The first-order valence-corrected chi connectivity index (χ1v) is 4.09. The van der Waals surface area contributed by atoms with Crippen molar-refractivity contribution in [2.24, 2.45) is 0 Å². The number of para-hydroxylation sites is 2. The SMILES string of the molecule is Cc1nc2ccccc2nc1CF. The van der Waals surface area contributed by atoms with E-state index in [1.165, 1.54) is 0 Å². The van der Waals surface area contributed by atoms with Gasteiger partial charge in [-0.1, -0.05) is 12.1 Å². The lowest BCUT2D eigenvalue weighted by Crippen LogP contribution is -1.95. The third-order valence-electron chi connectivity index (χ3n) is 1.97. The summed E-state index contributed by atoms with van der Waals surface area (Å²) >= 11 is 0. The van der Waals surface area contributed by atoms with Gasteiger partial charge in [-0.2, -0.15) is 0 Å². The summed E-state index contributed by atoms with van der Waals surface area (Å²) in [7, 11) is 0. The Hall–Kier alpha value is -1.51. The van der Waals surface area contributed by atoms with Crippen LogP contribution in [0.15, 0.2) is 24.3 Å². The van der Waals surface area contributed by atoms with Gasteiger partial charge in [-0.25, -0.2) is 14.4 Å². The minimum Gasteiger partial charge on any atom is -0.249 e. The van der Waals surface area contributed by atoms with E-state index in [-0.39, 0.29) is 0 Å². The third-order valence-corrected chi connectivity index (χ3v) is 1.97. The Morgan fingerprint density at radius 1 is 1.15 bits per heavy atom. The Balaban J connectivity index is 2.74. The van der Waals surface area contributed by atoms with Gasteiger partial charge >= 0.3 is 0 Å². The second-order valence-corrected chi connectivity index (χ2v) is 2.88. The molecule has 0 aliphatic heterocycles. The molecule has 0 saturated heterocycles. The van der Waals surface area contributed by atoms with Crippen LogP contribution < -0.4 is 0 Å². The highest BCUT2D eigenvalue weighted by atomic mass is 19.1. The van der Waals surface area contributed by atoms with Crippen molar-refractivity contribution in [1.29, 1.82) is 0 Å². The lowest BCUT2D eigenvalue weighted by molar-refractivity contribution is 0.473. The smallest absolute Gasteiger partial charge is 0.133 e. The van der Waals surface area contributed by atoms with Crippen molar-refractivity contribution < 1.29 is 4.39 Å². The summed E-state index contributed by atoms with van der Waals surface area (Å²) in [6.45, 7) is 1.22. The fourth-order valence-corrected chi connectivity index (χ4v) is 1.25. The van der Waals surface area contributed by atoms with Crippen LogP contribution in [-0.2, 0) is 6.67 Å². The molecule has 0 fully saturated rings. The number of rotatable bonds is 1. The summed E-state index contributed by atoms with van der Waals surface area (Å²) in [5, 5.41) is 0. The summed E-state index contributed by atoms with van der Waals surface area (Å²) in [5.41, 5.74) is 2.66. The monoisotopic (exact) mass is 176 g/mol. The second kappa shape index (κ2) is 3.09. The van der Waals surface area contributed by atoms with Crippen molar-refractivity contribution in [3.8, 4) is 0 Å². The van der Waals surface area contributed by atoms with Gasteiger partial charge in [0.1, 0.15) is 6.67 Å². The maximum absolute atomic E-state index is 12.4. The molecule has 1 aromatic heterocycles. The molecule has 0 aliphatic carbocycles. The number of nitrogens with zero attached hydrogens (tertiary/aromatic N) is 2. The van der Waals surface area contributed by atoms with Crippen molar-refractivity contribution >= 4 is 11.0 Å². The van der Waals surface area contributed by atoms with Gasteiger partial charge in [0.2, 0.25) is 0 Å². The van der Waals surface area contributed by atoms with Crippen LogP contribution in [0.5, 0.6) is 0 Å². The van der Waals surface area contributed by atoms with Crippen LogP contribution in [-0.4, -0.2) is 9.97 Å². The molecule has 0 radical (unpaired) electrons. The molecular weight excluding hydrogens is 167 g/mol. The molecule has 2 nitrogen and oxygen atoms in total. The van der Waals surface area contributed by atoms with Gasteiger partial charge in [0.25, 0.3) is 0 Å². The van der Waals surface area contributed by atoms with Crippen molar-refractivity contribution in [2.75, 3.05) is 0 Å². The largest absolute Gasteiger partial charge is 0.249 e. The number of fused-ring (bicyclic) bond motifs is 1. The van der Waals surface area contributed by atoms with Crippen molar-refractivity contribution in [3.05, 3.63) is 35.7 Å². The lowest BCUT2D eigenvalue weighted by Gasteiger charge is -2.01. The minimum atomic E-state index is -0.552. The molecule has 0 spiro atoms. The molecule has 0 atom stereocenters. The van der Waals surface area contributed by atoms with Gasteiger partial charge < -0.3 is 0 Å². The van der Waals surface area contributed by atoms with Crippen molar-refractivity contribution in [3.63, 3.8) is 0 Å². The zero-order valence-corrected chi connectivity index (χ0v) is 7.29. The van der Waals surface area contributed by atoms with Crippen LogP contribution in [0.1, 0.15) is 11.4 Å². The normalized spacial score (nSPS) is 10.6. The first kappa shape index (κ1) is 8.10. The average Bonchev–Trinajstić information content (AvgIpc) is 2.17. The average molecular weight is 176 g/mol. The number of hydrogen-bond acceptors (Lipinski definition) is 2. The first-order valence-electron chi connectivity index (χ1n) is 4.09. The van der Waals surface area contributed by atoms with E-state index in [4.69, 9.17) is 0 Å². The Morgan fingerprint density at radius 3 is 2.38 bits per heavy atom. The van der Waals surface area contributed by atoms with Gasteiger partial charge in [-0.15, -0.1) is 0 Å². The number of aromatic nitrogens is 2. The molecule has 0 aliphatic rings. The van der Waals surface area contributed by atoms with E-state index < -0.39 is 6.67 Å². The van der Waals surface area contributed by atoms with E-state index >= 15 is 0 Å². The molecule has 3 heteroatoms. The van der Waals surface area contributed by atoms with E-state index in [2.05, 4.69) is 9.97 Å². The molecule has 0 amide bonds. The van der Waals surface area contributed by atoms with Gasteiger partial charge in [0, 0.05) is 0 Å². The Labute approximate surface area is 75.4 Å². The van der Waals surface area contributed by atoms with E-state index in [0.29, 0.717) is 11.4 Å². The predicted octanol–water partition coefficient (Wildman–Crippen LogP) is 2.41. The zero-order chi connectivity index (χ0) is 9.26. The molecule has 0 saturated carbocycles. The van der Waals surface area contributed by atoms with E-state index in [1.807, 2.05) is 24.3 Å². The van der Waals surface area contributed by atoms with Crippen molar-refractivity contribution in [1.82, 2.24) is 9.97 Å². The maximum atomic E-state index is 12.4. The van der Waals surface area contributed by atoms with Crippen molar-refractivity contribution in [2.45, 2.75) is 13.6 Å². The van der Waals surface area contributed by atoms with E-state index in [0.717, 1.165) is 11.0 Å². The number of benzene rings is 1. The number of aryl methyl sites for hydroxylation is 1. The fourth-order valence-electron chi connectivity index (χ4n) is 1.25. The number of hydrogen-bond donors (Lipinski definition) is 0. The summed E-state index contributed by atoms with van der Waals surface area (Å²) < 4.78 is 12.4. The minimum absolute atomic E-state index is 0.429. The molecule has 2 rings (SSSR count). The molecule has 13 heavy (non-hydrogen) atoms. The quantitative estimate of drug-likeness (QED) is 0.666. The summed E-state index contributed by atoms with van der Waals surface area (Å²) in [4.78, 5) is 8.40. The van der Waals surface area contributed by atoms with Crippen LogP contribution in [0.3, 0.4) is 0 Å². The Bertz CT molecular complexity index is 440. The van der Waals surface area contributed by atoms with Gasteiger partial charge in [-0.05, 0) is 19.1 Å². The standard InChI is InChI=1S/C10H9FN2/c1-7-10(6-11)13-9-5-3-2-4-8(9)12-7/h2-5H,6H2,1H3. The molecular formula is C10H9FN2. The van der Waals surface area contributed by atoms with Crippen LogP contribution in [0.2, 0.25) is 0 Å². The van der Waals surface area contributed by atoms with E-state index in [9.17, 15) is 4.39 Å². The van der Waals surface area contributed by atoms with Crippen LogP contribution in [0.25, 0.3) is 11.0 Å². The molecule has 0 unspecified atom stereocenters. The molecule has 66 valence electrons. The molecule has 0 bridgehead atoms. The van der Waals surface area contributed by atoms with Crippen LogP contribution in [0.4, 0.5) is 4.39 Å². The summed E-state index contributed by atoms with van der Waals surface area (Å²) in [6.07, 6.45) is 0. The Kier molecular flexibility index (Phi) is 1.93. The molecule has 1 aromatic carbocycles. The zero-order valence-electron chi connectivity index (χ0n) is 7.29. The second-order valence-electron chi connectivity index (χ2n) is 2.88. The van der Waals surface area contributed by atoms with Crippen LogP contribution in [0, 0.1) is 6.92 Å². The highest BCUT2D eigenvalue weighted by molar-refractivity contribution is 5.74. The number of alkyl halides is 1.